The molecule has 2 amide bonds. The monoisotopic (exact) mass is 316 g/mol. The van der Waals surface area contributed by atoms with Gasteiger partial charge >= 0.3 is 0 Å². The zero-order valence-electron chi connectivity index (χ0n) is 13.4. The van der Waals surface area contributed by atoms with Crippen LogP contribution in [0.2, 0.25) is 0 Å². The number of hydrogen-bond donors (Lipinski definition) is 2. The molecule has 0 saturated heterocycles. The van der Waals surface area contributed by atoms with Gasteiger partial charge in [0, 0.05) is 13.1 Å². The zero-order chi connectivity index (χ0) is 17.0. The molecule has 0 saturated carbocycles. The molecular formula is C16H20N4O3. The summed E-state index contributed by atoms with van der Waals surface area (Å²) in [6, 6.07) is 10.6. The molecule has 0 fully saturated rings. The second kappa shape index (κ2) is 6.62. The molecule has 7 heteroatoms. The molecule has 1 aromatic carbocycles. The first-order valence-electron chi connectivity index (χ1n) is 7.14. The van der Waals surface area contributed by atoms with Gasteiger partial charge in [0.2, 0.25) is 11.8 Å². The molecule has 0 aliphatic rings. The van der Waals surface area contributed by atoms with Gasteiger partial charge in [-0.05, 0) is 19.4 Å². The minimum absolute atomic E-state index is 0.135. The lowest BCUT2D eigenvalue weighted by atomic mass is 9.92. The van der Waals surface area contributed by atoms with Crippen LogP contribution in [0, 0.1) is 6.92 Å². The van der Waals surface area contributed by atoms with Gasteiger partial charge in [0.15, 0.2) is 5.82 Å². The minimum atomic E-state index is -1.21. The first-order valence-corrected chi connectivity index (χ1v) is 7.14. The second-order valence-electron chi connectivity index (χ2n) is 5.60. The Labute approximate surface area is 134 Å². The van der Waals surface area contributed by atoms with E-state index in [0.717, 1.165) is 0 Å². The number of aryl methyl sites for hydroxylation is 1. The Kier molecular flexibility index (Phi) is 4.80. The average molecular weight is 316 g/mol. The summed E-state index contributed by atoms with van der Waals surface area (Å²) in [4.78, 5) is 25.8. The summed E-state index contributed by atoms with van der Waals surface area (Å²) >= 11 is 0. The lowest BCUT2D eigenvalue weighted by molar-refractivity contribution is -0.138. The van der Waals surface area contributed by atoms with Crippen molar-refractivity contribution in [2.75, 3.05) is 18.9 Å². The number of aromatic nitrogens is 1. The van der Waals surface area contributed by atoms with Gasteiger partial charge in [-0.3, -0.25) is 9.59 Å². The van der Waals surface area contributed by atoms with E-state index in [0.29, 0.717) is 17.1 Å². The molecule has 1 atom stereocenters. The molecule has 0 radical (unpaired) electrons. The molecule has 2 rings (SSSR count). The third-order valence-electron chi connectivity index (χ3n) is 3.44. The van der Waals surface area contributed by atoms with Gasteiger partial charge in [-0.1, -0.05) is 35.5 Å². The number of amides is 2. The Morgan fingerprint density at radius 2 is 2.00 bits per heavy atom. The molecule has 1 aromatic heterocycles. The normalized spacial score (nSPS) is 13.2. The van der Waals surface area contributed by atoms with E-state index in [4.69, 9.17) is 10.3 Å². The van der Waals surface area contributed by atoms with Crippen LogP contribution in [0.1, 0.15) is 18.2 Å². The third kappa shape index (κ3) is 3.95. The molecule has 0 aliphatic carbocycles. The highest BCUT2D eigenvalue weighted by atomic mass is 16.5. The number of benzene rings is 1. The summed E-state index contributed by atoms with van der Waals surface area (Å²) in [5, 5.41) is 6.23. The first kappa shape index (κ1) is 16.7. The van der Waals surface area contributed by atoms with E-state index in [9.17, 15) is 9.59 Å². The van der Waals surface area contributed by atoms with Gasteiger partial charge in [-0.15, -0.1) is 0 Å². The molecule has 0 spiro atoms. The summed E-state index contributed by atoms with van der Waals surface area (Å²) in [6.07, 6.45) is 0. The Morgan fingerprint density at radius 3 is 2.57 bits per heavy atom. The quantitative estimate of drug-likeness (QED) is 0.864. The molecule has 23 heavy (non-hydrogen) atoms. The maximum absolute atomic E-state index is 12.5. The number of carbonyl (C=O) groups is 2. The van der Waals surface area contributed by atoms with Gasteiger partial charge in [0.25, 0.3) is 0 Å². The summed E-state index contributed by atoms with van der Waals surface area (Å²) in [5.74, 6) is 0.170. The SMILES string of the molecule is Cc1cc(NC(=O)CN(C)C(=O)C(C)(N)c2ccccc2)no1. The molecule has 1 heterocycles. The van der Waals surface area contributed by atoms with Crippen molar-refractivity contribution in [2.24, 2.45) is 5.73 Å². The fraction of sp³-hybridized carbons (Fsp3) is 0.312. The Balaban J connectivity index is 2.00. The van der Waals surface area contributed by atoms with E-state index in [1.165, 1.54) is 11.9 Å². The van der Waals surface area contributed by atoms with E-state index in [1.807, 2.05) is 18.2 Å². The largest absolute Gasteiger partial charge is 0.360 e. The highest BCUT2D eigenvalue weighted by Gasteiger charge is 2.33. The number of anilines is 1. The topological polar surface area (TPSA) is 101 Å². The van der Waals surface area contributed by atoms with E-state index in [1.54, 1.807) is 32.0 Å². The Morgan fingerprint density at radius 1 is 1.35 bits per heavy atom. The molecule has 0 bridgehead atoms. The molecule has 3 N–H and O–H groups in total. The summed E-state index contributed by atoms with van der Waals surface area (Å²) in [7, 11) is 1.53. The molecule has 1 unspecified atom stereocenters. The highest BCUT2D eigenvalue weighted by Crippen LogP contribution is 2.19. The van der Waals surface area contributed by atoms with Crippen LogP contribution in [0.5, 0.6) is 0 Å². The molecule has 7 nitrogen and oxygen atoms in total. The summed E-state index contributed by atoms with van der Waals surface area (Å²) in [6.45, 7) is 3.21. The van der Waals surface area contributed by atoms with Crippen LogP contribution < -0.4 is 11.1 Å². The molecular weight excluding hydrogens is 296 g/mol. The van der Waals surface area contributed by atoms with Gasteiger partial charge < -0.3 is 20.5 Å². The second-order valence-corrected chi connectivity index (χ2v) is 5.60. The number of carbonyl (C=O) groups excluding carboxylic acids is 2. The molecule has 122 valence electrons. The van der Waals surface area contributed by atoms with Gasteiger partial charge in [-0.25, -0.2) is 0 Å². The van der Waals surface area contributed by atoms with E-state index in [2.05, 4.69) is 10.5 Å². The van der Waals surface area contributed by atoms with Crippen LogP contribution in [0.3, 0.4) is 0 Å². The van der Waals surface area contributed by atoms with Gasteiger partial charge in [-0.2, -0.15) is 0 Å². The third-order valence-corrected chi connectivity index (χ3v) is 3.44. The average Bonchev–Trinajstić information content (AvgIpc) is 2.92. The van der Waals surface area contributed by atoms with Crippen LogP contribution in [0.15, 0.2) is 40.9 Å². The number of likely N-dealkylation sites (N-methyl/N-ethyl adjacent to an activating group) is 1. The van der Waals surface area contributed by atoms with Crippen LogP contribution in [0.4, 0.5) is 5.82 Å². The minimum Gasteiger partial charge on any atom is -0.360 e. The van der Waals surface area contributed by atoms with Crippen molar-refractivity contribution in [1.29, 1.82) is 0 Å². The van der Waals surface area contributed by atoms with Crippen LogP contribution in [-0.2, 0) is 15.1 Å². The molecule has 2 aromatic rings. The Hall–Kier alpha value is -2.67. The van der Waals surface area contributed by atoms with Crippen molar-refractivity contribution in [3.8, 4) is 0 Å². The smallest absolute Gasteiger partial charge is 0.247 e. The van der Waals surface area contributed by atoms with Crippen molar-refractivity contribution < 1.29 is 14.1 Å². The van der Waals surface area contributed by atoms with Gasteiger partial charge in [0.05, 0.1) is 6.54 Å². The van der Waals surface area contributed by atoms with Crippen molar-refractivity contribution in [2.45, 2.75) is 19.4 Å². The fourth-order valence-corrected chi connectivity index (χ4v) is 2.20. The van der Waals surface area contributed by atoms with Crippen LogP contribution in [-0.4, -0.2) is 35.5 Å². The number of nitrogens with two attached hydrogens (primary N) is 1. The predicted octanol–water partition coefficient (Wildman–Crippen LogP) is 1.25. The van der Waals surface area contributed by atoms with Crippen molar-refractivity contribution in [3.05, 3.63) is 47.7 Å². The highest BCUT2D eigenvalue weighted by molar-refractivity contribution is 5.95. The van der Waals surface area contributed by atoms with E-state index < -0.39 is 5.54 Å². The number of rotatable bonds is 5. The zero-order valence-corrected chi connectivity index (χ0v) is 13.4. The summed E-state index contributed by atoms with van der Waals surface area (Å²) < 4.78 is 4.86. The van der Waals surface area contributed by atoms with Gasteiger partial charge in [0.1, 0.15) is 11.3 Å². The lowest BCUT2D eigenvalue weighted by Crippen LogP contribution is -2.51. The predicted molar refractivity (Wildman–Crippen MR) is 85.5 cm³/mol. The van der Waals surface area contributed by atoms with E-state index >= 15 is 0 Å². The molecule has 0 aliphatic heterocycles. The first-order chi connectivity index (χ1) is 10.8. The fourth-order valence-electron chi connectivity index (χ4n) is 2.20. The maximum atomic E-state index is 12.5. The van der Waals surface area contributed by atoms with Crippen LogP contribution in [0.25, 0.3) is 0 Å². The van der Waals surface area contributed by atoms with Crippen molar-refractivity contribution >= 4 is 17.6 Å². The van der Waals surface area contributed by atoms with Crippen molar-refractivity contribution in [1.82, 2.24) is 10.1 Å². The van der Waals surface area contributed by atoms with Crippen molar-refractivity contribution in [3.63, 3.8) is 0 Å². The number of nitrogens with zero attached hydrogens (tertiary/aromatic N) is 2. The standard InChI is InChI=1S/C16H20N4O3/c1-11-9-13(19-23-11)18-14(21)10-20(3)15(22)16(2,17)12-7-5-4-6-8-12/h4-9H,10,17H2,1-3H3,(H,18,19,21). The summed E-state index contributed by atoms with van der Waals surface area (Å²) in [5.41, 5.74) is 5.64. The maximum Gasteiger partial charge on any atom is 0.247 e. The van der Waals surface area contributed by atoms with E-state index in [-0.39, 0.29) is 18.4 Å². The number of nitrogens with one attached hydrogen (secondary N) is 1. The lowest BCUT2D eigenvalue weighted by Gasteiger charge is -2.29. The van der Waals surface area contributed by atoms with Crippen LogP contribution >= 0.6 is 0 Å². The Bertz CT molecular complexity index is 694. The number of hydrogen-bond acceptors (Lipinski definition) is 5.